The topological polar surface area (TPSA) is 49.4 Å². The summed E-state index contributed by atoms with van der Waals surface area (Å²) in [6.45, 7) is 4.39. The fourth-order valence-electron chi connectivity index (χ4n) is 2.91. The summed E-state index contributed by atoms with van der Waals surface area (Å²) in [5.74, 6) is 0.424. The minimum Gasteiger partial charge on any atom is -0.314 e. The number of nitrogens with zero attached hydrogens (tertiary/aromatic N) is 1. The average Bonchev–Trinajstić information content (AvgIpc) is 2.95. The molecule has 2 unspecified atom stereocenters. The Morgan fingerprint density at radius 2 is 2.14 bits per heavy atom. The van der Waals surface area contributed by atoms with E-state index in [0.717, 1.165) is 19.4 Å². The highest BCUT2D eigenvalue weighted by molar-refractivity contribution is 7.98. The molecule has 0 amide bonds. The summed E-state index contributed by atoms with van der Waals surface area (Å²) in [6.07, 6.45) is 5.35. The van der Waals surface area contributed by atoms with Gasteiger partial charge >= 0.3 is 0 Å². The maximum Gasteiger partial charge on any atom is 0.211 e. The Kier molecular flexibility index (Phi) is 6.32. The normalized spacial score (nSPS) is 21.1. The molecule has 1 aliphatic rings. The van der Waals surface area contributed by atoms with Crippen molar-refractivity contribution in [2.75, 3.05) is 32.1 Å². The summed E-state index contributed by atoms with van der Waals surface area (Å²) < 4.78 is 24.7. The summed E-state index contributed by atoms with van der Waals surface area (Å²) in [6, 6.07) is 8.90. The van der Waals surface area contributed by atoms with Crippen LogP contribution in [0.4, 0.5) is 0 Å². The second-order valence-electron chi connectivity index (χ2n) is 6.10. The first-order chi connectivity index (χ1) is 10.4. The van der Waals surface area contributed by atoms with Crippen LogP contribution in [0.3, 0.4) is 0 Å². The third kappa shape index (κ3) is 4.98. The van der Waals surface area contributed by atoms with Crippen molar-refractivity contribution in [1.29, 1.82) is 0 Å². The van der Waals surface area contributed by atoms with Gasteiger partial charge in [0.25, 0.3) is 0 Å². The first-order valence-corrected chi connectivity index (χ1v) is 10.8. The molecule has 4 nitrogen and oxygen atoms in total. The molecule has 1 fully saturated rings. The Morgan fingerprint density at radius 3 is 2.77 bits per heavy atom. The highest BCUT2D eigenvalue weighted by atomic mass is 32.2. The molecular formula is C16H26N2O2S2. The number of sulfonamides is 1. The van der Waals surface area contributed by atoms with Gasteiger partial charge in [0, 0.05) is 24.0 Å². The molecule has 6 heteroatoms. The first-order valence-electron chi connectivity index (χ1n) is 7.70. The van der Waals surface area contributed by atoms with Gasteiger partial charge in [-0.05, 0) is 50.1 Å². The molecular weight excluding hydrogens is 316 g/mol. The van der Waals surface area contributed by atoms with Gasteiger partial charge in [-0.25, -0.2) is 12.7 Å². The van der Waals surface area contributed by atoms with E-state index in [2.05, 4.69) is 42.8 Å². The maximum atomic E-state index is 11.5. The van der Waals surface area contributed by atoms with Crippen LogP contribution < -0.4 is 5.32 Å². The van der Waals surface area contributed by atoms with Gasteiger partial charge in [0.2, 0.25) is 10.0 Å². The molecule has 0 radical (unpaired) electrons. The van der Waals surface area contributed by atoms with Crippen molar-refractivity contribution < 1.29 is 8.42 Å². The Balaban J connectivity index is 1.80. The van der Waals surface area contributed by atoms with Crippen LogP contribution in [0.2, 0.25) is 0 Å². The molecule has 1 aromatic rings. The minimum absolute atomic E-state index is 0.389. The third-order valence-corrected chi connectivity index (χ3v) is 6.30. The number of rotatable bonds is 7. The molecule has 0 bridgehead atoms. The van der Waals surface area contributed by atoms with Gasteiger partial charge in [-0.15, -0.1) is 11.8 Å². The molecule has 0 aromatic heterocycles. The summed E-state index contributed by atoms with van der Waals surface area (Å²) in [7, 11) is -3.03. The molecule has 0 aliphatic carbocycles. The number of hydrogen-bond donors (Lipinski definition) is 1. The van der Waals surface area contributed by atoms with E-state index < -0.39 is 10.0 Å². The lowest BCUT2D eigenvalue weighted by Gasteiger charge is -2.19. The van der Waals surface area contributed by atoms with Gasteiger partial charge in [0.15, 0.2) is 0 Å². The van der Waals surface area contributed by atoms with Gasteiger partial charge in [-0.3, -0.25) is 0 Å². The monoisotopic (exact) mass is 342 g/mol. The van der Waals surface area contributed by atoms with Crippen LogP contribution in [0.5, 0.6) is 0 Å². The SMILES string of the molecule is CSc1ccccc1CC(C)NCC1CCN(S(C)(=O)=O)C1. The predicted molar refractivity (Wildman–Crippen MR) is 93.9 cm³/mol. The maximum absolute atomic E-state index is 11.5. The van der Waals surface area contributed by atoms with E-state index in [1.54, 1.807) is 16.1 Å². The fraction of sp³-hybridized carbons (Fsp3) is 0.625. The average molecular weight is 343 g/mol. The molecule has 1 N–H and O–H groups in total. The van der Waals surface area contributed by atoms with Crippen LogP contribution in [0.15, 0.2) is 29.2 Å². The van der Waals surface area contributed by atoms with Crippen molar-refractivity contribution in [2.24, 2.45) is 5.92 Å². The summed E-state index contributed by atoms with van der Waals surface area (Å²) in [5, 5.41) is 3.57. The molecule has 2 rings (SSSR count). The van der Waals surface area contributed by atoms with Crippen LogP contribution >= 0.6 is 11.8 Å². The van der Waals surface area contributed by atoms with Crippen molar-refractivity contribution in [3.05, 3.63) is 29.8 Å². The standard InChI is InChI=1S/C16H26N2O2S2/c1-13(10-15-6-4-5-7-16(15)21-2)17-11-14-8-9-18(12-14)22(3,19)20/h4-7,13-14,17H,8-12H2,1-3H3. The summed E-state index contributed by atoms with van der Waals surface area (Å²) in [4.78, 5) is 1.33. The zero-order chi connectivity index (χ0) is 16.2. The Bertz CT molecular complexity index is 590. The highest BCUT2D eigenvalue weighted by Crippen LogP contribution is 2.22. The molecule has 22 heavy (non-hydrogen) atoms. The number of thioether (sulfide) groups is 1. The summed E-state index contributed by atoms with van der Waals surface area (Å²) >= 11 is 1.78. The van der Waals surface area contributed by atoms with Crippen LogP contribution in [0, 0.1) is 5.92 Å². The number of nitrogens with one attached hydrogen (secondary N) is 1. The number of hydrogen-bond acceptors (Lipinski definition) is 4. The van der Waals surface area contributed by atoms with Crippen molar-refractivity contribution in [1.82, 2.24) is 9.62 Å². The first kappa shape index (κ1) is 17.8. The van der Waals surface area contributed by atoms with Crippen LogP contribution in [-0.4, -0.2) is 50.9 Å². The van der Waals surface area contributed by atoms with E-state index in [-0.39, 0.29) is 0 Å². The van der Waals surface area contributed by atoms with Gasteiger partial charge in [0.05, 0.1) is 6.26 Å². The third-order valence-electron chi connectivity index (χ3n) is 4.19. The Hall–Kier alpha value is -0.560. The second-order valence-corrected chi connectivity index (χ2v) is 8.93. The van der Waals surface area contributed by atoms with Crippen LogP contribution in [0.1, 0.15) is 18.9 Å². The molecule has 1 aromatic carbocycles. The zero-order valence-corrected chi connectivity index (χ0v) is 15.2. The van der Waals surface area contributed by atoms with Crippen molar-refractivity contribution in [3.8, 4) is 0 Å². The van der Waals surface area contributed by atoms with Crippen molar-refractivity contribution >= 4 is 21.8 Å². The molecule has 1 aliphatic heterocycles. The van der Waals surface area contributed by atoms with Gasteiger partial charge in [0.1, 0.15) is 0 Å². The van der Waals surface area contributed by atoms with E-state index in [0.29, 0.717) is 25.0 Å². The molecule has 1 heterocycles. The van der Waals surface area contributed by atoms with Crippen molar-refractivity contribution in [2.45, 2.75) is 30.7 Å². The number of benzene rings is 1. The minimum atomic E-state index is -3.03. The lowest BCUT2D eigenvalue weighted by Crippen LogP contribution is -2.34. The molecule has 2 atom stereocenters. The molecule has 0 spiro atoms. The largest absolute Gasteiger partial charge is 0.314 e. The zero-order valence-electron chi connectivity index (χ0n) is 13.6. The van der Waals surface area contributed by atoms with E-state index in [9.17, 15) is 8.42 Å². The smallest absolute Gasteiger partial charge is 0.211 e. The summed E-state index contributed by atoms with van der Waals surface area (Å²) in [5.41, 5.74) is 1.37. The van der Waals surface area contributed by atoms with E-state index >= 15 is 0 Å². The van der Waals surface area contributed by atoms with Gasteiger partial charge < -0.3 is 5.32 Å². The van der Waals surface area contributed by atoms with E-state index in [1.165, 1.54) is 16.7 Å². The predicted octanol–water partition coefficient (Wildman–Crippen LogP) is 2.21. The van der Waals surface area contributed by atoms with Crippen LogP contribution in [-0.2, 0) is 16.4 Å². The highest BCUT2D eigenvalue weighted by Gasteiger charge is 2.28. The second kappa shape index (κ2) is 7.81. The lowest BCUT2D eigenvalue weighted by atomic mass is 10.1. The van der Waals surface area contributed by atoms with Gasteiger partial charge in [-0.1, -0.05) is 18.2 Å². The van der Waals surface area contributed by atoms with E-state index in [4.69, 9.17) is 0 Å². The van der Waals surface area contributed by atoms with Crippen LogP contribution in [0.25, 0.3) is 0 Å². The lowest BCUT2D eigenvalue weighted by molar-refractivity contribution is 0.427. The molecule has 124 valence electrons. The Morgan fingerprint density at radius 1 is 1.41 bits per heavy atom. The Labute approximate surface area is 138 Å². The fourth-order valence-corrected chi connectivity index (χ4v) is 4.45. The van der Waals surface area contributed by atoms with E-state index in [1.807, 2.05) is 0 Å². The van der Waals surface area contributed by atoms with Crippen molar-refractivity contribution in [3.63, 3.8) is 0 Å². The van der Waals surface area contributed by atoms with Gasteiger partial charge in [-0.2, -0.15) is 0 Å². The molecule has 1 saturated heterocycles. The molecule has 0 saturated carbocycles. The quantitative estimate of drug-likeness (QED) is 0.772.